The number of allylic oxidation sites excluding steroid dienone is 1. The number of carbonyl (C=O) groups is 1. The average molecular weight is 191 g/mol. The first kappa shape index (κ1) is 9.06. The highest BCUT2D eigenvalue weighted by molar-refractivity contribution is 5.90. The molecule has 3 nitrogen and oxygen atoms in total. The Kier molecular flexibility index (Phi) is 2.39. The van der Waals surface area contributed by atoms with Crippen molar-refractivity contribution in [3.63, 3.8) is 0 Å². The molecule has 1 heterocycles. The maximum Gasteiger partial charge on any atom is 0.328 e. The van der Waals surface area contributed by atoms with Crippen LogP contribution in [0.15, 0.2) is 24.5 Å². The fourth-order valence-electron chi connectivity index (χ4n) is 1.79. The third-order valence-electron chi connectivity index (χ3n) is 2.76. The van der Waals surface area contributed by atoms with Gasteiger partial charge in [0.05, 0.1) is 0 Å². The molecule has 1 aliphatic carbocycles. The molecule has 1 saturated carbocycles. The van der Waals surface area contributed by atoms with Crippen LogP contribution in [0.1, 0.15) is 24.8 Å². The van der Waals surface area contributed by atoms with Gasteiger partial charge in [0.25, 0.3) is 0 Å². The summed E-state index contributed by atoms with van der Waals surface area (Å²) in [6, 6.07) is 1.92. The number of rotatable bonds is 3. The first-order valence-electron chi connectivity index (χ1n) is 4.85. The van der Waals surface area contributed by atoms with Gasteiger partial charge in [-0.15, -0.1) is 0 Å². The monoisotopic (exact) mass is 191 g/mol. The number of nitrogens with one attached hydrogen (secondary N) is 1. The Morgan fingerprint density at radius 3 is 2.79 bits per heavy atom. The molecule has 0 spiro atoms. The second-order valence-corrected chi connectivity index (χ2v) is 3.67. The van der Waals surface area contributed by atoms with Crippen LogP contribution in [-0.4, -0.2) is 16.1 Å². The predicted octanol–water partition coefficient (Wildman–Crippen LogP) is 2.28. The standard InChI is InChI=1S/C11H13NO2/c13-11(14)6-10(8-2-1-3-8)9-4-5-12-7-9/h4-8,12H,1-3H2,(H,13,14)/b10-6+. The highest BCUT2D eigenvalue weighted by Crippen LogP contribution is 2.38. The number of hydrogen-bond donors (Lipinski definition) is 2. The Morgan fingerprint density at radius 1 is 1.57 bits per heavy atom. The summed E-state index contributed by atoms with van der Waals surface area (Å²) >= 11 is 0. The SMILES string of the molecule is O=C(O)/C=C(/c1cc[nH]c1)C1CCC1. The Hall–Kier alpha value is -1.51. The van der Waals surface area contributed by atoms with Crippen LogP contribution in [0.5, 0.6) is 0 Å². The molecule has 0 amide bonds. The van der Waals surface area contributed by atoms with E-state index in [9.17, 15) is 4.79 Å². The molecule has 14 heavy (non-hydrogen) atoms. The van der Waals surface area contributed by atoms with Gasteiger partial charge in [0.15, 0.2) is 0 Å². The van der Waals surface area contributed by atoms with E-state index in [0.29, 0.717) is 5.92 Å². The van der Waals surface area contributed by atoms with Crippen molar-refractivity contribution in [2.75, 3.05) is 0 Å². The van der Waals surface area contributed by atoms with Crippen molar-refractivity contribution in [1.82, 2.24) is 4.98 Å². The third-order valence-corrected chi connectivity index (χ3v) is 2.76. The van der Waals surface area contributed by atoms with Gasteiger partial charge in [0, 0.05) is 18.5 Å². The topological polar surface area (TPSA) is 53.1 Å². The Morgan fingerprint density at radius 2 is 2.36 bits per heavy atom. The number of carboxylic acids is 1. The van der Waals surface area contributed by atoms with Crippen LogP contribution in [0.3, 0.4) is 0 Å². The van der Waals surface area contributed by atoms with Gasteiger partial charge in [-0.25, -0.2) is 4.79 Å². The van der Waals surface area contributed by atoms with Gasteiger partial charge in [0.2, 0.25) is 0 Å². The number of carboxylic acid groups (broad SMARTS) is 1. The molecular formula is C11H13NO2. The molecule has 0 atom stereocenters. The van der Waals surface area contributed by atoms with Crippen LogP contribution < -0.4 is 0 Å². The maximum atomic E-state index is 10.7. The van der Waals surface area contributed by atoms with E-state index in [-0.39, 0.29) is 0 Å². The molecule has 1 aromatic heterocycles. The number of aromatic amines is 1. The number of aromatic nitrogens is 1. The Balaban J connectivity index is 2.26. The zero-order valence-electron chi connectivity index (χ0n) is 7.86. The molecule has 1 aliphatic rings. The zero-order chi connectivity index (χ0) is 9.97. The molecule has 1 aromatic rings. The second kappa shape index (κ2) is 3.70. The molecule has 2 N–H and O–H groups in total. The van der Waals surface area contributed by atoms with Crippen LogP contribution in [0.2, 0.25) is 0 Å². The maximum absolute atomic E-state index is 10.7. The van der Waals surface area contributed by atoms with Crippen LogP contribution in [0, 0.1) is 5.92 Å². The van der Waals surface area contributed by atoms with Gasteiger partial charge >= 0.3 is 5.97 Å². The van der Waals surface area contributed by atoms with E-state index in [4.69, 9.17) is 5.11 Å². The van der Waals surface area contributed by atoms with E-state index in [1.54, 1.807) is 0 Å². The predicted molar refractivity (Wildman–Crippen MR) is 53.7 cm³/mol. The molecule has 0 radical (unpaired) electrons. The molecular weight excluding hydrogens is 178 g/mol. The highest BCUT2D eigenvalue weighted by Gasteiger charge is 2.23. The van der Waals surface area contributed by atoms with Gasteiger partial charge in [0.1, 0.15) is 0 Å². The quantitative estimate of drug-likeness (QED) is 0.720. The van der Waals surface area contributed by atoms with Gasteiger partial charge in [-0.3, -0.25) is 0 Å². The normalized spacial score (nSPS) is 17.9. The van der Waals surface area contributed by atoms with Gasteiger partial charge in [-0.05, 0) is 36.0 Å². The van der Waals surface area contributed by atoms with Crippen molar-refractivity contribution in [2.45, 2.75) is 19.3 Å². The van der Waals surface area contributed by atoms with Crippen LogP contribution in [0.4, 0.5) is 0 Å². The van der Waals surface area contributed by atoms with E-state index < -0.39 is 5.97 Å². The van der Waals surface area contributed by atoms with E-state index in [1.165, 1.54) is 12.5 Å². The lowest BCUT2D eigenvalue weighted by Gasteiger charge is -2.27. The molecule has 0 aliphatic heterocycles. The number of aliphatic carboxylic acids is 1. The fraction of sp³-hybridized carbons (Fsp3) is 0.364. The lowest BCUT2D eigenvalue weighted by Crippen LogP contribution is -2.13. The fourth-order valence-corrected chi connectivity index (χ4v) is 1.79. The molecule has 0 bridgehead atoms. The van der Waals surface area contributed by atoms with Gasteiger partial charge in [-0.2, -0.15) is 0 Å². The summed E-state index contributed by atoms with van der Waals surface area (Å²) in [5.41, 5.74) is 1.97. The lowest BCUT2D eigenvalue weighted by molar-refractivity contribution is -0.131. The summed E-state index contributed by atoms with van der Waals surface area (Å²) in [5, 5.41) is 8.76. The minimum Gasteiger partial charge on any atom is -0.478 e. The molecule has 2 rings (SSSR count). The molecule has 0 unspecified atom stereocenters. The van der Waals surface area contributed by atoms with E-state index in [0.717, 1.165) is 24.0 Å². The first-order chi connectivity index (χ1) is 6.77. The summed E-state index contributed by atoms with van der Waals surface area (Å²) in [6.07, 6.45) is 8.46. The minimum atomic E-state index is -0.854. The Labute approximate surface area is 82.5 Å². The van der Waals surface area contributed by atoms with E-state index in [1.807, 2.05) is 18.5 Å². The average Bonchev–Trinajstić information content (AvgIpc) is 2.49. The smallest absolute Gasteiger partial charge is 0.328 e. The van der Waals surface area contributed by atoms with Crippen molar-refractivity contribution >= 4 is 11.5 Å². The Bertz CT molecular complexity index is 347. The highest BCUT2D eigenvalue weighted by atomic mass is 16.4. The van der Waals surface area contributed by atoms with Gasteiger partial charge in [-0.1, -0.05) is 6.42 Å². The second-order valence-electron chi connectivity index (χ2n) is 3.67. The largest absolute Gasteiger partial charge is 0.478 e. The zero-order valence-corrected chi connectivity index (χ0v) is 7.86. The molecule has 74 valence electrons. The summed E-state index contributed by atoms with van der Waals surface area (Å²) in [4.78, 5) is 13.6. The molecule has 0 aromatic carbocycles. The van der Waals surface area contributed by atoms with Crippen molar-refractivity contribution in [1.29, 1.82) is 0 Å². The van der Waals surface area contributed by atoms with Crippen LogP contribution >= 0.6 is 0 Å². The lowest BCUT2D eigenvalue weighted by atomic mass is 9.77. The minimum absolute atomic E-state index is 0.446. The third kappa shape index (κ3) is 1.71. The summed E-state index contributed by atoms with van der Waals surface area (Å²) in [5.74, 6) is -0.407. The number of hydrogen-bond acceptors (Lipinski definition) is 1. The van der Waals surface area contributed by atoms with Crippen molar-refractivity contribution in [3.8, 4) is 0 Å². The van der Waals surface area contributed by atoms with Gasteiger partial charge < -0.3 is 10.1 Å². The van der Waals surface area contributed by atoms with E-state index >= 15 is 0 Å². The molecule has 3 heteroatoms. The van der Waals surface area contributed by atoms with E-state index in [2.05, 4.69) is 4.98 Å². The first-order valence-corrected chi connectivity index (χ1v) is 4.85. The molecule has 1 fully saturated rings. The summed E-state index contributed by atoms with van der Waals surface area (Å²) in [7, 11) is 0. The van der Waals surface area contributed by atoms with Crippen molar-refractivity contribution in [3.05, 3.63) is 30.1 Å². The number of H-pyrrole nitrogens is 1. The molecule has 0 saturated heterocycles. The van der Waals surface area contributed by atoms with Crippen molar-refractivity contribution < 1.29 is 9.90 Å². The summed E-state index contributed by atoms with van der Waals surface area (Å²) in [6.45, 7) is 0. The summed E-state index contributed by atoms with van der Waals surface area (Å²) < 4.78 is 0. The van der Waals surface area contributed by atoms with Crippen LogP contribution in [0.25, 0.3) is 5.57 Å². The van der Waals surface area contributed by atoms with Crippen LogP contribution in [-0.2, 0) is 4.79 Å². The van der Waals surface area contributed by atoms with Crippen molar-refractivity contribution in [2.24, 2.45) is 5.92 Å².